The van der Waals surface area contributed by atoms with E-state index in [0.29, 0.717) is 10.8 Å². The summed E-state index contributed by atoms with van der Waals surface area (Å²) in [6.07, 6.45) is 0. The number of hydrogen-bond donors (Lipinski definition) is 2. The molecule has 8 heteroatoms. The molecule has 0 saturated heterocycles. The highest BCUT2D eigenvalue weighted by atomic mass is 35.5. The van der Waals surface area contributed by atoms with Crippen LogP contribution in [0.2, 0.25) is 5.02 Å². The maximum Gasteiger partial charge on any atom is 0.258 e. The van der Waals surface area contributed by atoms with Gasteiger partial charge in [-0.05, 0) is 61.4 Å². The van der Waals surface area contributed by atoms with Gasteiger partial charge in [0.25, 0.3) is 5.91 Å². The fourth-order valence-electron chi connectivity index (χ4n) is 3.09. The zero-order chi connectivity index (χ0) is 23.1. The lowest BCUT2D eigenvalue weighted by atomic mass is 10.1. The first-order valence-electron chi connectivity index (χ1n) is 10.1. The Morgan fingerprint density at radius 2 is 1.47 bits per heavy atom. The molecule has 3 aromatic carbocycles. The van der Waals surface area contributed by atoms with E-state index in [0.717, 1.165) is 11.1 Å². The van der Waals surface area contributed by atoms with Gasteiger partial charge in [-0.15, -0.1) is 0 Å². The Morgan fingerprint density at radius 3 is 2.09 bits per heavy atom. The summed E-state index contributed by atoms with van der Waals surface area (Å²) in [6, 6.07) is 21.9. The molecule has 0 spiro atoms. The molecule has 32 heavy (non-hydrogen) atoms. The predicted molar refractivity (Wildman–Crippen MR) is 125 cm³/mol. The summed E-state index contributed by atoms with van der Waals surface area (Å²) in [6.45, 7) is 3.46. The minimum atomic E-state index is -3.70. The average Bonchev–Trinajstić information content (AvgIpc) is 2.78. The monoisotopic (exact) mass is 472 g/mol. The quantitative estimate of drug-likeness (QED) is 0.475. The van der Waals surface area contributed by atoms with E-state index < -0.39 is 10.0 Å². The van der Waals surface area contributed by atoms with Crippen LogP contribution in [0.25, 0.3) is 0 Å². The Kier molecular flexibility index (Phi) is 7.90. The van der Waals surface area contributed by atoms with Crippen LogP contribution >= 0.6 is 11.6 Å². The number of carbonyl (C=O) groups is 1. The topological polar surface area (TPSA) is 84.5 Å². The van der Waals surface area contributed by atoms with E-state index in [9.17, 15) is 13.2 Å². The summed E-state index contributed by atoms with van der Waals surface area (Å²) in [5.74, 6) is 0.108. The molecular weight excluding hydrogens is 448 g/mol. The Morgan fingerprint density at radius 1 is 0.875 bits per heavy atom. The fourth-order valence-corrected chi connectivity index (χ4v) is 4.45. The highest BCUT2D eigenvalue weighted by molar-refractivity contribution is 7.89. The first kappa shape index (κ1) is 23.8. The molecule has 0 heterocycles. The van der Waals surface area contributed by atoms with Gasteiger partial charge in [-0.3, -0.25) is 4.79 Å². The molecule has 0 saturated carbocycles. The molecule has 0 radical (unpaired) electrons. The molecule has 2 unspecified atom stereocenters. The van der Waals surface area contributed by atoms with Gasteiger partial charge in [0.1, 0.15) is 5.75 Å². The molecule has 0 aliphatic heterocycles. The summed E-state index contributed by atoms with van der Waals surface area (Å²) in [5, 5.41) is 3.48. The van der Waals surface area contributed by atoms with E-state index in [1.807, 2.05) is 49.4 Å². The van der Waals surface area contributed by atoms with Gasteiger partial charge in [-0.1, -0.05) is 54.1 Å². The number of ether oxygens (including phenoxy) is 1. The van der Waals surface area contributed by atoms with Crippen LogP contribution in [-0.4, -0.2) is 20.9 Å². The molecule has 2 atom stereocenters. The molecule has 168 valence electrons. The van der Waals surface area contributed by atoms with Gasteiger partial charge < -0.3 is 10.1 Å². The van der Waals surface area contributed by atoms with Crippen molar-refractivity contribution in [3.05, 3.63) is 95.0 Å². The van der Waals surface area contributed by atoms with Crippen molar-refractivity contribution in [2.45, 2.75) is 30.8 Å². The Balaban J connectivity index is 1.53. The second kappa shape index (κ2) is 10.6. The van der Waals surface area contributed by atoms with Crippen LogP contribution in [0.3, 0.4) is 0 Å². The normalized spacial score (nSPS) is 13.2. The summed E-state index contributed by atoms with van der Waals surface area (Å²) >= 11 is 5.88. The van der Waals surface area contributed by atoms with Gasteiger partial charge in [0.15, 0.2) is 6.61 Å². The first-order valence-corrected chi connectivity index (χ1v) is 12.0. The van der Waals surface area contributed by atoms with E-state index in [-0.39, 0.29) is 29.5 Å². The van der Waals surface area contributed by atoms with Crippen molar-refractivity contribution in [2.24, 2.45) is 0 Å². The van der Waals surface area contributed by atoms with Crippen molar-refractivity contribution in [3.63, 3.8) is 0 Å². The lowest BCUT2D eigenvalue weighted by Gasteiger charge is -2.16. The summed E-state index contributed by atoms with van der Waals surface area (Å²) in [5.41, 5.74) is 1.80. The number of rotatable bonds is 9. The van der Waals surface area contributed by atoms with Crippen molar-refractivity contribution in [3.8, 4) is 5.75 Å². The van der Waals surface area contributed by atoms with E-state index in [2.05, 4.69) is 10.0 Å². The van der Waals surface area contributed by atoms with Gasteiger partial charge in [-0.25, -0.2) is 13.1 Å². The Labute approximate surface area is 193 Å². The third-order valence-electron chi connectivity index (χ3n) is 4.88. The molecule has 3 aromatic rings. The van der Waals surface area contributed by atoms with Crippen LogP contribution in [0.5, 0.6) is 5.75 Å². The maximum atomic E-state index is 12.6. The smallest absolute Gasteiger partial charge is 0.258 e. The summed E-state index contributed by atoms with van der Waals surface area (Å²) < 4.78 is 33.4. The molecule has 6 nitrogen and oxygen atoms in total. The molecule has 0 fully saturated rings. The Hall–Kier alpha value is -2.87. The number of benzene rings is 3. The highest BCUT2D eigenvalue weighted by Gasteiger charge is 2.18. The Bertz CT molecular complexity index is 1130. The molecule has 0 bridgehead atoms. The van der Waals surface area contributed by atoms with Gasteiger partial charge in [-0.2, -0.15) is 0 Å². The molecular formula is C24H25ClN2O4S. The van der Waals surface area contributed by atoms with Crippen LogP contribution in [0.4, 0.5) is 0 Å². The SMILES string of the molecule is CC(NC(=O)COc1ccc(S(=O)(=O)NC(C)c2ccccc2)cc1)c1ccc(Cl)cc1. The average molecular weight is 473 g/mol. The second-order valence-electron chi connectivity index (χ2n) is 7.35. The third kappa shape index (κ3) is 6.56. The lowest BCUT2D eigenvalue weighted by molar-refractivity contribution is -0.123. The molecule has 3 rings (SSSR count). The van der Waals surface area contributed by atoms with E-state index in [1.54, 1.807) is 19.1 Å². The van der Waals surface area contributed by atoms with Gasteiger partial charge in [0.2, 0.25) is 10.0 Å². The number of hydrogen-bond acceptors (Lipinski definition) is 4. The van der Waals surface area contributed by atoms with Crippen LogP contribution in [0.15, 0.2) is 83.8 Å². The number of carbonyl (C=O) groups excluding carboxylic acids is 1. The number of amides is 1. The number of nitrogens with one attached hydrogen (secondary N) is 2. The van der Waals surface area contributed by atoms with Crippen molar-refractivity contribution in [1.29, 1.82) is 0 Å². The standard InChI is InChI=1S/C24H25ClN2O4S/c1-17(20-8-10-21(25)11-9-20)26-24(28)16-31-22-12-14-23(15-13-22)32(29,30)27-18(2)19-6-4-3-5-7-19/h3-15,17-18,27H,16H2,1-2H3,(H,26,28). The number of halogens is 1. The fraction of sp³-hybridized carbons (Fsp3) is 0.208. The second-order valence-corrected chi connectivity index (χ2v) is 9.50. The third-order valence-corrected chi connectivity index (χ3v) is 6.69. The molecule has 1 amide bonds. The summed E-state index contributed by atoms with van der Waals surface area (Å²) in [7, 11) is -3.70. The van der Waals surface area contributed by atoms with E-state index in [4.69, 9.17) is 16.3 Å². The van der Waals surface area contributed by atoms with E-state index >= 15 is 0 Å². The van der Waals surface area contributed by atoms with Crippen molar-refractivity contribution >= 4 is 27.5 Å². The number of sulfonamides is 1. The van der Waals surface area contributed by atoms with Crippen LogP contribution in [-0.2, 0) is 14.8 Å². The minimum Gasteiger partial charge on any atom is -0.484 e. The van der Waals surface area contributed by atoms with Crippen LogP contribution in [0, 0.1) is 0 Å². The first-order chi connectivity index (χ1) is 15.2. The molecule has 2 N–H and O–H groups in total. The minimum absolute atomic E-state index is 0.119. The summed E-state index contributed by atoms with van der Waals surface area (Å²) in [4.78, 5) is 12.3. The van der Waals surface area contributed by atoms with Gasteiger partial charge in [0, 0.05) is 11.1 Å². The lowest BCUT2D eigenvalue weighted by Crippen LogP contribution is -2.31. The largest absolute Gasteiger partial charge is 0.484 e. The zero-order valence-electron chi connectivity index (χ0n) is 17.8. The molecule has 0 aliphatic rings. The van der Waals surface area contributed by atoms with Gasteiger partial charge >= 0.3 is 0 Å². The van der Waals surface area contributed by atoms with E-state index in [1.165, 1.54) is 24.3 Å². The predicted octanol–water partition coefficient (Wildman–Crippen LogP) is 4.64. The van der Waals surface area contributed by atoms with Crippen LogP contribution < -0.4 is 14.8 Å². The zero-order valence-corrected chi connectivity index (χ0v) is 19.4. The van der Waals surface area contributed by atoms with Crippen molar-refractivity contribution < 1.29 is 17.9 Å². The van der Waals surface area contributed by atoms with Crippen molar-refractivity contribution in [1.82, 2.24) is 10.0 Å². The van der Waals surface area contributed by atoms with Gasteiger partial charge in [0.05, 0.1) is 10.9 Å². The maximum absolute atomic E-state index is 12.6. The van der Waals surface area contributed by atoms with Crippen LogP contribution in [0.1, 0.15) is 37.1 Å². The highest BCUT2D eigenvalue weighted by Crippen LogP contribution is 2.20. The van der Waals surface area contributed by atoms with Crippen molar-refractivity contribution in [2.75, 3.05) is 6.61 Å². The molecule has 0 aliphatic carbocycles. The molecule has 0 aromatic heterocycles.